The lowest BCUT2D eigenvalue weighted by molar-refractivity contribution is -0.139. The Hall–Kier alpha value is -2.90. The third-order valence-electron chi connectivity index (χ3n) is 4.80. The highest BCUT2D eigenvalue weighted by atomic mass is 16.2. The number of hydrogen-bond acceptors (Lipinski definition) is 4. The zero-order valence-corrected chi connectivity index (χ0v) is 14.6. The summed E-state index contributed by atoms with van der Waals surface area (Å²) in [5.41, 5.74) is 2.76. The van der Waals surface area contributed by atoms with Crippen LogP contribution in [0, 0.1) is 6.92 Å². The van der Waals surface area contributed by atoms with E-state index in [1.54, 1.807) is 18.2 Å². The third kappa shape index (κ3) is 3.54. The zero-order chi connectivity index (χ0) is 18.7. The summed E-state index contributed by atoms with van der Waals surface area (Å²) in [7, 11) is 0. The maximum Gasteiger partial charge on any atom is 0.344 e. The molecule has 3 N–H and O–H groups in total. The van der Waals surface area contributed by atoms with E-state index in [1.807, 2.05) is 13.0 Å². The van der Waals surface area contributed by atoms with Crippen LogP contribution in [0.2, 0.25) is 0 Å². The van der Waals surface area contributed by atoms with Gasteiger partial charge in [0.15, 0.2) is 0 Å². The molecule has 3 rings (SSSR count). The molecule has 138 valence electrons. The average molecular weight is 358 g/mol. The number of carbonyl (C=O) groups excluding carboxylic acids is 4. The molecular weight excluding hydrogens is 336 g/mol. The lowest BCUT2D eigenvalue weighted by Crippen LogP contribution is -2.52. The molecular formula is C18H22N4O4. The molecule has 8 nitrogen and oxygen atoms in total. The molecule has 26 heavy (non-hydrogen) atoms. The van der Waals surface area contributed by atoms with E-state index >= 15 is 0 Å². The number of aryl methyl sites for hydroxylation is 1. The number of nitrogens with one attached hydrogen (secondary N) is 3. The average Bonchev–Trinajstić information content (AvgIpc) is 2.84. The van der Waals surface area contributed by atoms with E-state index in [-0.39, 0.29) is 6.54 Å². The van der Waals surface area contributed by atoms with Crippen LogP contribution in [0.4, 0.5) is 4.79 Å². The topological polar surface area (TPSA) is 108 Å². The van der Waals surface area contributed by atoms with E-state index in [0.717, 1.165) is 29.8 Å². The van der Waals surface area contributed by atoms with Crippen LogP contribution in [-0.4, -0.2) is 40.8 Å². The Bertz CT molecular complexity index is 755. The second-order valence-electron chi connectivity index (χ2n) is 6.80. The molecule has 1 aromatic rings. The van der Waals surface area contributed by atoms with Crippen LogP contribution in [0.1, 0.15) is 48.0 Å². The number of hydrogen-bond donors (Lipinski definition) is 3. The molecule has 1 saturated heterocycles. The highest BCUT2D eigenvalue weighted by Gasteiger charge is 2.52. The zero-order valence-electron chi connectivity index (χ0n) is 14.6. The molecule has 8 heteroatoms. The third-order valence-corrected chi connectivity index (χ3v) is 4.80. The van der Waals surface area contributed by atoms with Crippen molar-refractivity contribution < 1.29 is 19.2 Å². The van der Waals surface area contributed by atoms with E-state index in [1.165, 1.54) is 0 Å². The molecule has 0 radical (unpaired) electrons. The van der Waals surface area contributed by atoms with Crippen LogP contribution in [0.15, 0.2) is 24.3 Å². The van der Waals surface area contributed by atoms with Gasteiger partial charge in [0.25, 0.3) is 17.7 Å². The van der Waals surface area contributed by atoms with Crippen molar-refractivity contribution in [3.8, 4) is 0 Å². The number of amides is 5. The second kappa shape index (κ2) is 7.15. The molecule has 2 aliphatic rings. The van der Waals surface area contributed by atoms with Gasteiger partial charge in [-0.25, -0.2) is 4.79 Å². The van der Waals surface area contributed by atoms with Gasteiger partial charge < -0.3 is 10.6 Å². The first kappa shape index (κ1) is 17.9. The minimum atomic E-state index is -0.895. The quantitative estimate of drug-likeness (QED) is 0.698. The summed E-state index contributed by atoms with van der Waals surface area (Å²) in [6.45, 7) is 1.53. The van der Waals surface area contributed by atoms with Crippen molar-refractivity contribution in [1.29, 1.82) is 0 Å². The molecule has 1 aromatic carbocycles. The molecule has 1 aliphatic heterocycles. The van der Waals surface area contributed by atoms with Crippen molar-refractivity contribution in [2.24, 2.45) is 0 Å². The molecule has 0 unspecified atom stereocenters. The first-order chi connectivity index (χ1) is 12.4. The van der Waals surface area contributed by atoms with Gasteiger partial charge in [-0.3, -0.25) is 19.8 Å². The fourth-order valence-corrected chi connectivity index (χ4v) is 3.43. The van der Waals surface area contributed by atoms with Crippen molar-refractivity contribution in [2.75, 3.05) is 6.54 Å². The number of hydrazine groups is 1. The van der Waals surface area contributed by atoms with Crippen LogP contribution in [0.25, 0.3) is 0 Å². The second-order valence-corrected chi connectivity index (χ2v) is 6.80. The molecule has 1 aliphatic carbocycles. The summed E-state index contributed by atoms with van der Waals surface area (Å²) < 4.78 is 0. The summed E-state index contributed by atoms with van der Waals surface area (Å²) in [5.74, 6) is -1.47. The van der Waals surface area contributed by atoms with Crippen molar-refractivity contribution in [1.82, 2.24) is 21.1 Å². The van der Waals surface area contributed by atoms with Gasteiger partial charge >= 0.3 is 6.03 Å². The van der Waals surface area contributed by atoms with E-state index in [9.17, 15) is 19.2 Å². The van der Waals surface area contributed by atoms with Crippen molar-refractivity contribution in [2.45, 2.75) is 44.6 Å². The lowest BCUT2D eigenvalue weighted by atomic mass is 9.82. The molecule has 1 heterocycles. The van der Waals surface area contributed by atoms with Gasteiger partial charge in [-0.05, 0) is 31.9 Å². The Balaban J connectivity index is 1.55. The standard InChI is InChI=1S/C18H22N4O4/c1-12-6-5-7-13(10-12)15(24)19-11-14(23)21-22-16(25)18(20-17(22)26)8-3-2-4-9-18/h5-7,10H,2-4,8-9,11H2,1H3,(H,19,24)(H,20,26)(H,21,23). The minimum absolute atomic E-state index is 0.336. The number of urea groups is 1. The van der Waals surface area contributed by atoms with Gasteiger partial charge in [0.2, 0.25) is 0 Å². The monoisotopic (exact) mass is 358 g/mol. The predicted molar refractivity (Wildman–Crippen MR) is 92.8 cm³/mol. The maximum absolute atomic E-state index is 12.6. The first-order valence-electron chi connectivity index (χ1n) is 8.72. The van der Waals surface area contributed by atoms with Gasteiger partial charge in [-0.15, -0.1) is 0 Å². The van der Waals surface area contributed by atoms with Crippen LogP contribution >= 0.6 is 0 Å². The number of carbonyl (C=O) groups is 4. The smallest absolute Gasteiger partial charge is 0.343 e. The highest BCUT2D eigenvalue weighted by molar-refractivity contribution is 6.08. The van der Waals surface area contributed by atoms with Crippen LogP contribution in [0.3, 0.4) is 0 Å². The summed E-state index contributed by atoms with van der Waals surface area (Å²) in [5, 5.41) is 5.92. The molecule has 1 spiro atoms. The van der Waals surface area contributed by atoms with Crippen molar-refractivity contribution in [3.63, 3.8) is 0 Å². The molecule has 5 amide bonds. The highest BCUT2D eigenvalue weighted by Crippen LogP contribution is 2.32. The molecule has 0 atom stereocenters. The van der Waals surface area contributed by atoms with E-state index in [0.29, 0.717) is 18.4 Å². The number of nitrogens with zero attached hydrogens (tertiary/aromatic N) is 1. The maximum atomic E-state index is 12.6. The van der Waals surface area contributed by atoms with Gasteiger partial charge in [0.1, 0.15) is 5.54 Å². The molecule has 1 saturated carbocycles. The van der Waals surface area contributed by atoms with E-state index in [4.69, 9.17) is 0 Å². The first-order valence-corrected chi connectivity index (χ1v) is 8.72. The van der Waals surface area contributed by atoms with Crippen LogP contribution in [0.5, 0.6) is 0 Å². The van der Waals surface area contributed by atoms with Gasteiger partial charge in [0.05, 0.1) is 6.54 Å². The van der Waals surface area contributed by atoms with E-state index in [2.05, 4.69) is 16.1 Å². The van der Waals surface area contributed by atoms with E-state index < -0.39 is 29.3 Å². The van der Waals surface area contributed by atoms with Gasteiger partial charge in [-0.2, -0.15) is 5.01 Å². The van der Waals surface area contributed by atoms with Crippen LogP contribution < -0.4 is 16.1 Å². The predicted octanol–water partition coefficient (Wildman–Crippen LogP) is 1.01. The number of rotatable bonds is 4. The Morgan fingerprint density at radius 2 is 1.92 bits per heavy atom. The summed E-state index contributed by atoms with van der Waals surface area (Å²) in [6, 6.07) is 6.33. The Morgan fingerprint density at radius 1 is 1.19 bits per heavy atom. The van der Waals surface area contributed by atoms with Crippen LogP contribution in [-0.2, 0) is 9.59 Å². The fraction of sp³-hybridized carbons (Fsp3) is 0.444. The minimum Gasteiger partial charge on any atom is -0.343 e. The largest absolute Gasteiger partial charge is 0.344 e. The molecule has 2 fully saturated rings. The Labute approximate surface area is 151 Å². The summed E-state index contributed by atoms with van der Waals surface area (Å²) in [4.78, 5) is 48.8. The van der Waals surface area contributed by atoms with Crippen molar-refractivity contribution >= 4 is 23.8 Å². The lowest BCUT2D eigenvalue weighted by Gasteiger charge is -2.30. The Morgan fingerprint density at radius 3 is 2.62 bits per heavy atom. The summed E-state index contributed by atoms with van der Waals surface area (Å²) >= 11 is 0. The molecule has 0 bridgehead atoms. The Kier molecular flexibility index (Phi) is 4.92. The SMILES string of the molecule is Cc1cccc(C(=O)NCC(=O)NN2C(=O)NC3(CCCCC3)C2=O)c1. The number of benzene rings is 1. The normalized spacial score (nSPS) is 18.6. The number of imide groups is 1. The van der Waals surface area contributed by atoms with Gasteiger partial charge in [-0.1, -0.05) is 37.0 Å². The molecule has 0 aromatic heterocycles. The summed E-state index contributed by atoms with van der Waals surface area (Å²) in [6.07, 6.45) is 3.91. The van der Waals surface area contributed by atoms with Crippen molar-refractivity contribution in [3.05, 3.63) is 35.4 Å². The fourth-order valence-electron chi connectivity index (χ4n) is 3.43. The van der Waals surface area contributed by atoms with Gasteiger partial charge in [0, 0.05) is 5.56 Å².